The third kappa shape index (κ3) is 1.84. The average Bonchev–Trinajstić information content (AvgIpc) is 2.35. The van der Waals surface area contributed by atoms with Crippen LogP contribution in [0, 0.1) is 0 Å². The summed E-state index contributed by atoms with van der Waals surface area (Å²) in [5, 5.41) is 9.82. The molecule has 5 heteroatoms. The highest BCUT2D eigenvalue weighted by atomic mass is 16.5. The molecule has 2 aromatic rings. The number of carbonyl (C=O) groups is 1. The van der Waals surface area contributed by atoms with E-state index in [2.05, 4.69) is 4.98 Å². The first-order valence-electron chi connectivity index (χ1n) is 5.54. The van der Waals surface area contributed by atoms with Gasteiger partial charge in [-0.25, -0.2) is 4.79 Å². The van der Waals surface area contributed by atoms with Gasteiger partial charge in [0, 0.05) is 11.5 Å². The smallest absolute Gasteiger partial charge is 0.341 e. The quantitative estimate of drug-likeness (QED) is 0.866. The van der Waals surface area contributed by atoms with Crippen LogP contribution in [0.4, 0.5) is 0 Å². The van der Waals surface area contributed by atoms with Crippen LogP contribution in [0.3, 0.4) is 0 Å². The van der Waals surface area contributed by atoms with Gasteiger partial charge in [-0.15, -0.1) is 0 Å². The molecule has 0 saturated carbocycles. The number of rotatable bonds is 3. The highest BCUT2D eigenvalue weighted by Crippen LogP contribution is 2.23. The molecule has 1 heterocycles. The molecule has 0 unspecified atom stereocenters. The number of hydrogen-bond acceptors (Lipinski definition) is 3. The number of fused-ring (bicyclic) bond motifs is 1. The first-order valence-corrected chi connectivity index (χ1v) is 5.54. The highest BCUT2D eigenvalue weighted by Gasteiger charge is 2.17. The minimum absolute atomic E-state index is 0.185. The largest absolute Gasteiger partial charge is 0.497 e. The molecule has 18 heavy (non-hydrogen) atoms. The van der Waals surface area contributed by atoms with Crippen molar-refractivity contribution in [3.8, 4) is 5.75 Å². The number of hydrogen-bond donors (Lipinski definition) is 2. The molecule has 2 N–H and O–H groups in total. The van der Waals surface area contributed by atoms with Gasteiger partial charge in [0.25, 0.3) is 5.56 Å². The molecule has 0 saturated heterocycles. The van der Waals surface area contributed by atoms with E-state index in [1.165, 1.54) is 7.11 Å². The van der Waals surface area contributed by atoms with E-state index in [1.54, 1.807) is 18.2 Å². The fourth-order valence-electron chi connectivity index (χ4n) is 2.07. The second kappa shape index (κ2) is 4.52. The second-order valence-electron chi connectivity index (χ2n) is 3.88. The topological polar surface area (TPSA) is 79.4 Å². The first kappa shape index (κ1) is 12.2. The Bertz CT molecular complexity index is 672. The van der Waals surface area contributed by atoms with Crippen molar-refractivity contribution in [1.29, 1.82) is 0 Å². The third-order valence-electron chi connectivity index (χ3n) is 2.90. The van der Waals surface area contributed by atoms with Gasteiger partial charge in [0.2, 0.25) is 0 Å². The summed E-state index contributed by atoms with van der Waals surface area (Å²) in [4.78, 5) is 25.5. The zero-order valence-electron chi connectivity index (χ0n) is 10.1. The van der Waals surface area contributed by atoms with E-state index in [9.17, 15) is 9.59 Å². The van der Waals surface area contributed by atoms with Gasteiger partial charge in [-0.05, 0) is 24.1 Å². The fraction of sp³-hybridized carbons (Fsp3) is 0.231. The van der Waals surface area contributed by atoms with E-state index in [0.717, 1.165) is 5.39 Å². The Kier molecular flexibility index (Phi) is 3.06. The zero-order chi connectivity index (χ0) is 13.3. The van der Waals surface area contributed by atoms with Crippen LogP contribution in [0.1, 0.15) is 22.8 Å². The summed E-state index contributed by atoms with van der Waals surface area (Å²) in [6, 6.07) is 5.18. The predicted molar refractivity (Wildman–Crippen MR) is 67.5 cm³/mol. The van der Waals surface area contributed by atoms with Gasteiger partial charge in [-0.1, -0.05) is 6.92 Å². The summed E-state index contributed by atoms with van der Waals surface area (Å²) in [7, 11) is 1.53. The number of benzene rings is 1. The number of aromatic amines is 1. The molecule has 0 fully saturated rings. The van der Waals surface area contributed by atoms with E-state index in [1.807, 2.05) is 6.92 Å². The normalized spacial score (nSPS) is 10.6. The van der Waals surface area contributed by atoms with E-state index in [0.29, 0.717) is 23.3 Å². The summed E-state index contributed by atoms with van der Waals surface area (Å²) in [5.74, 6) is -0.589. The van der Waals surface area contributed by atoms with Crippen LogP contribution in [0.15, 0.2) is 23.0 Å². The van der Waals surface area contributed by atoms with Crippen molar-refractivity contribution in [3.63, 3.8) is 0 Å². The number of methoxy groups -OCH3 is 1. The zero-order valence-corrected chi connectivity index (χ0v) is 10.1. The van der Waals surface area contributed by atoms with Gasteiger partial charge < -0.3 is 14.8 Å². The van der Waals surface area contributed by atoms with E-state index >= 15 is 0 Å². The third-order valence-corrected chi connectivity index (χ3v) is 2.90. The molecule has 0 aliphatic heterocycles. The van der Waals surface area contributed by atoms with Crippen LogP contribution in [0.25, 0.3) is 10.9 Å². The molecule has 0 aliphatic carbocycles. The first-order chi connectivity index (χ1) is 8.58. The van der Waals surface area contributed by atoms with E-state index in [-0.39, 0.29) is 5.56 Å². The number of H-pyrrole nitrogens is 1. The molecule has 2 rings (SSSR count). The van der Waals surface area contributed by atoms with Crippen LogP contribution in [0.5, 0.6) is 5.75 Å². The van der Waals surface area contributed by atoms with Gasteiger partial charge in [0.15, 0.2) is 0 Å². The number of aromatic carboxylic acids is 1. The lowest BCUT2D eigenvalue weighted by atomic mass is 10.0. The molecule has 94 valence electrons. The fourth-order valence-corrected chi connectivity index (χ4v) is 2.07. The number of nitrogens with one attached hydrogen (secondary N) is 1. The number of aromatic nitrogens is 1. The molecule has 0 aliphatic rings. The van der Waals surface area contributed by atoms with Crippen molar-refractivity contribution in [2.75, 3.05) is 7.11 Å². The molecule has 0 spiro atoms. The lowest BCUT2D eigenvalue weighted by Crippen LogP contribution is -2.20. The van der Waals surface area contributed by atoms with Crippen LogP contribution in [-0.4, -0.2) is 23.2 Å². The molecule has 0 amide bonds. The maximum atomic E-state index is 11.8. The van der Waals surface area contributed by atoms with Gasteiger partial charge in [-0.2, -0.15) is 0 Å². The van der Waals surface area contributed by atoms with Gasteiger partial charge >= 0.3 is 5.97 Å². The number of carboxylic acids is 1. The van der Waals surface area contributed by atoms with Crippen LogP contribution in [0.2, 0.25) is 0 Å². The Labute approximate surface area is 103 Å². The van der Waals surface area contributed by atoms with Gasteiger partial charge in [0.05, 0.1) is 12.6 Å². The molecule has 1 aromatic carbocycles. The van der Waals surface area contributed by atoms with E-state index < -0.39 is 11.5 Å². The summed E-state index contributed by atoms with van der Waals surface area (Å²) < 4.78 is 5.07. The Balaban J connectivity index is 2.88. The SMILES string of the molecule is CCc1c(C(=O)O)c(=O)[nH]c2cc(OC)ccc12. The minimum Gasteiger partial charge on any atom is -0.497 e. The van der Waals surface area contributed by atoms with Crippen molar-refractivity contribution < 1.29 is 14.6 Å². The Morgan fingerprint density at radius 2 is 2.17 bits per heavy atom. The highest BCUT2D eigenvalue weighted by molar-refractivity contribution is 5.96. The van der Waals surface area contributed by atoms with Crippen LogP contribution >= 0.6 is 0 Å². The van der Waals surface area contributed by atoms with Gasteiger partial charge in [0.1, 0.15) is 11.3 Å². The van der Waals surface area contributed by atoms with Gasteiger partial charge in [-0.3, -0.25) is 4.79 Å². The monoisotopic (exact) mass is 247 g/mol. The second-order valence-corrected chi connectivity index (χ2v) is 3.88. The van der Waals surface area contributed by atoms with Crippen molar-refractivity contribution >= 4 is 16.9 Å². The Morgan fingerprint density at radius 1 is 1.44 bits per heavy atom. The molecule has 0 atom stereocenters. The molecule has 5 nitrogen and oxygen atoms in total. The standard InChI is InChI=1S/C13H13NO4/c1-3-8-9-5-4-7(18-2)6-10(9)14-12(15)11(8)13(16)17/h4-6H,3H2,1-2H3,(H,14,15)(H,16,17). The number of aryl methyl sites for hydroxylation is 1. The lowest BCUT2D eigenvalue weighted by molar-refractivity contribution is 0.0694. The number of carboxylic acid groups (broad SMARTS) is 1. The van der Waals surface area contributed by atoms with Crippen molar-refractivity contribution in [1.82, 2.24) is 4.98 Å². The number of pyridine rings is 1. The lowest BCUT2D eigenvalue weighted by Gasteiger charge is -2.09. The van der Waals surface area contributed by atoms with Crippen molar-refractivity contribution in [2.24, 2.45) is 0 Å². The van der Waals surface area contributed by atoms with Crippen LogP contribution in [-0.2, 0) is 6.42 Å². The minimum atomic E-state index is -1.20. The molecular weight excluding hydrogens is 234 g/mol. The maximum Gasteiger partial charge on any atom is 0.341 e. The number of ether oxygens (including phenoxy) is 1. The van der Waals surface area contributed by atoms with Crippen molar-refractivity contribution in [3.05, 3.63) is 39.7 Å². The molecular formula is C13H13NO4. The average molecular weight is 247 g/mol. The molecule has 0 radical (unpaired) electrons. The summed E-state index contributed by atoms with van der Waals surface area (Å²) in [6.45, 7) is 1.82. The molecule has 1 aromatic heterocycles. The maximum absolute atomic E-state index is 11.8. The van der Waals surface area contributed by atoms with Crippen molar-refractivity contribution in [2.45, 2.75) is 13.3 Å². The Hall–Kier alpha value is -2.30. The van der Waals surface area contributed by atoms with Crippen LogP contribution < -0.4 is 10.3 Å². The van der Waals surface area contributed by atoms with E-state index in [4.69, 9.17) is 9.84 Å². The predicted octanol–water partition coefficient (Wildman–Crippen LogP) is 1.80. The Morgan fingerprint density at radius 3 is 2.72 bits per heavy atom. The summed E-state index contributed by atoms with van der Waals surface area (Å²) in [5.41, 5.74) is 0.361. The molecule has 0 bridgehead atoms. The summed E-state index contributed by atoms with van der Waals surface area (Å²) >= 11 is 0. The summed E-state index contributed by atoms with van der Waals surface area (Å²) in [6.07, 6.45) is 0.481.